The van der Waals surface area contributed by atoms with Crippen molar-refractivity contribution >= 4 is 5.96 Å². The topological polar surface area (TPSA) is 52.6 Å². The Morgan fingerprint density at radius 2 is 2.00 bits per heavy atom. The van der Waals surface area contributed by atoms with Crippen molar-refractivity contribution in [2.75, 3.05) is 32.7 Å². The minimum Gasteiger partial charge on any atom is -0.357 e. The fourth-order valence-corrected chi connectivity index (χ4v) is 2.04. The standard InChI is InChI=1S/C16H29N5/c1-4-17-16(19-12-9-13-21(5-2)6-3)20-14-15-10-7-8-11-18-15/h7-8,10-11H,4-6,9,12-14H2,1-3H3,(H2,17,19,20). The van der Waals surface area contributed by atoms with Crippen molar-refractivity contribution in [1.82, 2.24) is 20.5 Å². The van der Waals surface area contributed by atoms with Crippen molar-refractivity contribution < 1.29 is 0 Å². The van der Waals surface area contributed by atoms with Gasteiger partial charge in [0.1, 0.15) is 0 Å². The molecule has 0 unspecified atom stereocenters. The van der Waals surface area contributed by atoms with Gasteiger partial charge in [-0.15, -0.1) is 0 Å². The fourth-order valence-electron chi connectivity index (χ4n) is 2.04. The Labute approximate surface area is 128 Å². The molecule has 0 atom stereocenters. The molecule has 0 radical (unpaired) electrons. The third kappa shape index (κ3) is 7.66. The van der Waals surface area contributed by atoms with E-state index in [2.05, 4.69) is 46.3 Å². The third-order valence-electron chi connectivity index (χ3n) is 3.31. The van der Waals surface area contributed by atoms with Gasteiger partial charge in [0.05, 0.1) is 12.2 Å². The molecule has 1 aromatic heterocycles. The lowest BCUT2D eigenvalue weighted by Gasteiger charge is -2.18. The zero-order valence-electron chi connectivity index (χ0n) is 13.6. The first-order chi connectivity index (χ1) is 10.3. The molecule has 21 heavy (non-hydrogen) atoms. The molecule has 0 aromatic carbocycles. The van der Waals surface area contributed by atoms with Crippen molar-refractivity contribution in [3.63, 3.8) is 0 Å². The summed E-state index contributed by atoms with van der Waals surface area (Å²) in [5.41, 5.74) is 0.984. The maximum atomic E-state index is 4.56. The smallest absolute Gasteiger partial charge is 0.191 e. The zero-order valence-corrected chi connectivity index (χ0v) is 13.6. The average molecular weight is 291 g/mol. The van der Waals surface area contributed by atoms with E-state index in [9.17, 15) is 0 Å². The van der Waals surface area contributed by atoms with Gasteiger partial charge in [0.15, 0.2) is 5.96 Å². The predicted octanol–water partition coefficient (Wildman–Crippen LogP) is 1.87. The van der Waals surface area contributed by atoms with E-state index in [1.54, 1.807) is 6.20 Å². The number of aromatic nitrogens is 1. The van der Waals surface area contributed by atoms with Gasteiger partial charge in [-0.3, -0.25) is 4.98 Å². The highest BCUT2D eigenvalue weighted by molar-refractivity contribution is 5.79. The van der Waals surface area contributed by atoms with Crippen LogP contribution in [0.1, 0.15) is 32.9 Å². The summed E-state index contributed by atoms with van der Waals surface area (Å²) in [4.78, 5) is 11.3. The molecule has 5 nitrogen and oxygen atoms in total. The molecule has 5 heteroatoms. The van der Waals surface area contributed by atoms with Crippen LogP contribution in [0.3, 0.4) is 0 Å². The van der Waals surface area contributed by atoms with Gasteiger partial charge in [0.25, 0.3) is 0 Å². The molecule has 0 fully saturated rings. The lowest BCUT2D eigenvalue weighted by atomic mass is 10.3. The van der Waals surface area contributed by atoms with Crippen molar-refractivity contribution in [2.45, 2.75) is 33.7 Å². The van der Waals surface area contributed by atoms with Crippen molar-refractivity contribution in [3.8, 4) is 0 Å². The molecular weight excluding hydrogens is 262 g/mol. The summed E-state index contributed by atoms with van der Waals surface area (Å²) in [5.74, 6) is 0.864. The number of guanidine groups is 1. The third-order valence-corrected chi connectivity index (χ3v) is 3.31. The van der Waals surface area contributed by atoms with E-state index in [1.165, 1.54) is 0 Å². The number of rotatable bonds is 9. The summed E-state index contributed by atoms with van der Waals surface area (Å²) in [6.07, 6.45) is 2.92. The molecule has 0 saturated carbocycles. The van der Waals surface area contributed by atoms with Gasteiger partial charge < -0.3 is 15.5 Å². The number of hydrogen-bond acceptors (Lipinski definition) is 3. The molecule has 0 aliphatic heterocycles. The normalized spacial score (nSPS) is 11.7. The molecular formula is C16H29N5. The Kier molecular flexibility index (Phi) is 9.20. The van der Waals surface area contributed by atoms with Crippen LogP contribution in [0.25, 0.3) is 0 Å². The molecule has 0 aliphatic rings. The molecule has 118 valence electrons. The van der Waals surface area contributed by atoms with Gasteiger partial charge in [-0.05, 0) is 45.1 Å². The van der Waals surface area contributed by atoms with Gasteiger partial charge >= 0.3 is 0 Å². The van der Waals surface area contributed by atoms with Crippen LogP contribution < -0.4 is 10.6 Å². The SMILES string of the molecule is CCNC(=NCc1ccccn1)NCCCN(CC)CC. The van der Waals surface area contributed by atoms with E-state index in [4.69, 9.17) is 0 Å². The first kappa shape index (κ1) is 17.4. The number of nitrogens with zero attached hydrogens (tertiary/aromatic N) is 3. The van der Waals surface area contributed by atoms with Gasteiger partial charge in [0.2, 0.25) is 0 Å². The van der Waals surface area contributed by atoms with Crippen LogP contribution in [0.15, 0.2) is 29.4 Å². The molecule has 1 aromatic rings. The Morgan fingerprint density at radius 1 is 1.19 bits per heavy atom. The van der Waals surface area contributed by atoms with Crippen LogP contribution in [0.2, 0.25) is 0 Å². The van der Waals surface area contributed by atoms with Crippen molar-refractivity contribution in [1.29, 1.82) is 0 Å². The average Bonchev–Trinajstić information content (AvgIpc) is 2.53. The molecule has 0 bridgehead atoms. The van der Waals surface area contributed by atoms with Gasteiger partial charge in [-0.2, -0.15) is 0 Å². The molecule has 1 heterocycles. The summed E-state index contributed by atoms with van der Waals surface area (Å²) in [5, 5.41) is 6.65. The van der Waals surface area contributed by atoms with Crippen LogP contribution in [-0.2, 0) is 6.54 Å². The highest BCUT2D eigenvalue weighted by Crippen LogP contribution is 1.95. The van der Waals surface area contributed by atoms with E-state index < -0.39 is 0 Å². The Hall–Kier alpha value is -1.62. The second-order valence-electron chi connectivity index (χ2n) is 4.82. The summed E-state index contributed by atoms with van der Waals surface area (Å²) >= 11 is 0. The number of pyridine rings is 1. The second-order valence-corrected chi connectivity index (χ2v) is 4.82. The minimum absolute atomic E-state index is 0.603. The van der Waals surface area contributed by atoms with E-state index in [1.807, 2.05) is 18.2 Å². The number of nitrogens with one attached hydrogen (secondary N) is 2. The van der Waals surface area contributed by atoms with E-state index in [0.29, 0.717) is 6.54 Å². The number of hydrogen-bond donors (Lipinski definition) is 2. The highest BCUT2D eigenvalue weighted by atomic mass is 15.2. The molecule has 2 N–H and O–H groups in total. The van der Waals surface area contributed by atoms with Crippen molar-refractivity contribution in [2.24, 2.45) is 4.99 Å². The molecule has 0 aliphatic carbocycles. The Morgan fingerprint density at radius 3 is 2.62 bits per heavy atom. The van der Waals surface area contributed by atoms with E-state index in [-0.39, 0.29) is 0 Å². The van der Waals surface area contributed by atoms with Crippen LogP contribution >= 0.6 is 0 Å². The Balaban J connectivity index is 2.35. The van der Waals surface area contributed by atoms with Gasteiger partial charge in [-0.1, -0.05) is 19.9 Å². The van der Waals surface area contributed by atoms with Crippen LogP contribution in [-0.4, -0.2) is 48.6 Å². The molecule has 0 amide bonds. The lowest BCUT2D eigenvalue weighted by molar-refractivity contribution is 0.300. The highest BCUT2D eigenvalue weighted by Gasteiger charge is 2.00. The second kappa shape index (κ2) is 11.1. The molecule has 0 spiro atoms. The predicted molar refractivity (Wildman–Crippen MR) is 89.5 cm³/mol. The van der Waals surface area contributed by atoms with Crippen LogP contribution in [0.4, 0.5) is 0 Å². The summed E-state index contributed by atoms with van der Waals surface area (Å²) in [7, 11) is 0. The van der Waals surface area contributed by atoms with Crippen LogP contribution in [0, 0.1) is 0 Å². The lowest BCUT2D eigenvalue weighted by Crippen LogP contribution is -2.38. The first-order valence-corrected chi connectivity index (χ1v) is 7.94. The summed E-state index contributed by atoms with van der Waals surface area (Å²) < 4.78 is 0. The summed E-state index contributed by atoms with van der Waals surface area (Å²) in [6, 6.07) is 5.90. The van der Waals surface area contributed by atoms with E-state index in [0.717, 1.165) is 50.8 Å². The molecule has 1 rings (SSSR count). The zero-order chi connectivity index (χ0) is 15.3. The number of aliphatic imine (C=N–C) groups is 1. The fraction of sp³-hybridized carbons (Fsp3) is 0.625. The minimum atomic E-state index is 0.603. The van der Waals surface area contributed by atoms with Crippen LogP contribution in [0.5, 0.6) is 0 Å². The monoisotopic (exact) mass is 291 g/mol. The first-order valence-electron chi connectivity index (χ1n) is 7.94. The van der Waals surface area contributed by atoms with Gasteiger partial charge in [0, 0.05) is 19.3 Å². The maximum absolute atomic E-state index is 4.56. The molecule has 0 saturated heterocycles. The maximum Gasteiger partial charge on any atom is 0.191 e. The summed E-state index contributed by atoms with van der Waals surface area (Å²) in [6.45, 7) is 12.2. The largest absolute Gasteiger partial charge is 0.357 e. The quantitative estimate of drug-likeness (QED) is 0.414. The Bertz CT molecular complexity index is 387. The van der Waals surface area contributed by atoms with E-state index >= 15 is 0 Å². The van der Waals surface area contributed by atoms with Crippen molar-refractivity contribution in [3.05, 3.63) is 30.1 Å². The van der Waals surface area contributed by atoms with Gasteiger partial charge in [-0.25, -0.2) is 4.99 Å².